The summed E-state index contributed by atoms with van der Waals surface area (Å²) in [5.41, 5.74) is -1.26. The second-order valence-corrected chi connectivity index (χ2v) is 9.24. The summed E-state index contributed by atoms with van der Waals surface area (Å²) in [5, 5.41) is 15.3. The molecule has 1 aromatic carbocycles. The number of unbranched alkanes of at least 4 members (excludes halogenated alkanes) is 1. The van der Waals surface area contributed by atoms with Crippen molar-refractivity contribution in [3.05, 3.63) is 29.3 Å². The van der Waals surface area contributed by atoms with Gasteiger partial charge in [-0.15, -0.1) is 0 Å². The number of nitrogens with zero attached hydrogens (tertiary/aromatic N) is 1. The number of anilines is 1. The lowest BCUT2D eigenvalue weighted by Gasteiger charge is -2.33. The number of nitrogens with one attached hydrogen (secondary N) is 2. The predicted molar refractivity (Wildman–Crippen MR) is 114 cm³/mol. The first-order valence-electron chi connectivity index (χ1n) is 10.7. The Kier molecular flexibility index (Phi) is 5.74. The van der Waals surface area contributed by atoms with Crippen molar-refractivity contribution >= 4 is 35.0 Å². The predicted octanol–water partition coefficient (Wildman–Crippen LogP) is 1.56. The summed E-state index contributed by atoms with van der Waals surface area (Å²) in [6.07, 6.45) is 2.20. The van der Waals surface area contributed by atoms with Crippen LogP contribution in [0.4, 0.5) is 5.69 Å². The largest absolute Gasteiger partial charge is 0.396 e. The zero-order valence-corrected chi connectivity index (χ0v) is 18.4. The van der Waals surface area contributed by atoms with Gasteiger partial charge in [0.15, 0.2) is 0 Å². The molecule has 0 radical (unpaired) electrons. The van der Waals surface area contributed by atoms with E-state index in [0.29, 0.717) is 42.9 Å². The molecule has 3 heterocycles. The Bertz CT molecular complexity index is 894. The van der Waals surface area contributed by atoms with Gasteiger partial charge >= 0.3 is 0 Å². The number of fused-ring (bicyclic) bond motifs is 1. The van der Waals surface area contributed by atoms with Crippen molar-refractivity contribution < 1.29 is 24.2 Å². The third-order valence-corrected chi connectivity index (χ3v) is 7.22. The van der Waals surface area contributed by atoms with Crippen LogP contribution < -0.4 is 10.6 Å². The molecule has 2 unspecified atom stereocenters. The minimum Gasteiger partial charge on any atom is -0.396 e. The Balaban J connectivity index is 1.70. The van der Waals surface area contributed by atoms with E-state index in [-0.39, 0.29) is 24.3 Å². The first-order valence-corrected chi connectivity index (χ1v) is 11.0. The van der Waals surface area contributed by atoms with Crippen LogP contribution in [0.5, 0.6) is 0 Å². The summed E-state index contributed by atoms with van der Waals surface area (Å²) < 4.78 is 6.45. The fourth-order valence-corrected chi connectivity index (χ4v) is 5.79. The van der Waals surface area contributed by atoms with Gasteiger partial charge in [0.25, 0.3) is 0 Å². The number of carbonyl (C=O) groups excluding carboxylic acids is 3. The Morgan fingerprint density at radius 3 is 2.58 bits per heavy atom. The summed E-state index contributed by atoms with van der Waals surface area (Å²) in [7, 11) is 1.55. The van der Waals surface area contributed by atoms with Crippen molar-refractivity contribution in [1.29, 1.82) is 0 Å². The molecule has 9 heteroatoms. The quantitative estimate of drug-likeness (QED) is 0.547. The summed E-state index contributed by atoms with van der Waals surface area (Å²) in [4.78, 5) is 41.4. The molecule has 0 saturated carbocycles. The number of ether oxygens (including phenoxy) is 1. The summed E-state index contributed by atoms with van der Waals surface area (Å²) in [6, 6.07) is 5.90. The standard InChI is InChI=1S/C22H28ClN3O5/c1-21-9-10-22(31-21)16(15(21)18(28)24-2)20(30)26(11-3-4-12-27)17(22)19(29)25-14-7-5-13(23)6-8-14/h5-8,15-17,27H,3-4,9-12H2,1-2H3,(H,24,28)(H,25,29)/t15-,16+,17?,21+,22?/m1/s1. The van der Waals surface area contributed by atoms with Crippen molar-refractivity contribution in [3.8, 4) is 0 Å². The smallest absolute Gasteiger partial charge is 0.250 e. The number of carbonyl (C=O) groups is 3. The van der Waals surface area contributed by atoms with Crippen LogP contribution in [0.3, 0.4) is 0 Å². The molecular weight excluding hydrogens is 422 g/mol. The second-order valence-electron chi connectivity index (χ2n) is 8.80. The monoisotopic (exact) mass is 449 g/mol. The molecule has 1 aromatic rings. The lowest BCUT2D eigenvalue weighted by molar-refractivity contribution is -0.144. The summed E-state index contributed by atoms with van der Waals surface area (Å²) in [5.74, 6) is -2.17. The number of benzene rings is 1. The Hall–Kier alpha value is -2.16. The van der Waals surface area contributed by atoms with Crippen LogP contribution in [-0.4, -0.2) is 65.2 Å². The number of halogens is 1. The van der Waals surface area contributed by atoms with Gasteiger partial charge in [0, 0.05) is 30.9 Å². The molecule has 4 rings (SSSR count). The molecule has 3 aliphatic heterocycles. The van der Waals surface area contributed by atoms with Crippen LogP contribution in [-0.2, 0) is 19.1 Å². The van der Waals surface area contributed by atoms with Gasteiger partial charge in [0.05, 0.1) is 17.4 Å². The van der Waals surface area contributed by atoms with Crippen LogP contribution in [0, 0.1) is 11.8 Å². The second kappa shape index (κ2) is 8.07. The molecule has 3 aliphatic rings. The van der Waals surface area contributed by atoms with E-state index in [2.05, 4.69) is 10.6 Å². The van der Waals surface area contributed by atoms with Crippen LogP contribution in [0.2, 0.25) is 5.02 Å². The molecule has 3 saturated heterocycles. The van der Waals surface area contributed by atoms with Crippen LogP contribution >= 0.6 is 11.6 Å². The highest BCUT2D eigenvalue weighted by Crippen LogP contribution is 2.63. The molecule has 3 fully saturated rings. The summed E-state index contributed by atoms with van der Waals surface area (Å²) in [6.45, 7) is 2.18. The zero-order valence-electron chi connectivity index (χ0n) is 17.7. The van der Waals surface area contributed by atoms with Crippen molar-refractivity contribution in [2.45, 2.75) is 49.9 Å². The molecule has 31 heavy (non-hydrogen) atoms. The summed E-state index contributed by atoms with van der Waals surface area (Å²) >= 11 is 5.94. The van der Waals surface area contributed by atoms with Crippen LogP contribution in [0.1, 0.15) is 32.6 Å². The zero-order chi connectivity index (χ0) is 22.4. The maximum atomic E-state index is 13.6. The van der Waals surface area contributed by atoms with Crippen molar-refractivity contribution in [2.75, 3.05) is 25.5 Å². The minimum atomic E-state index is -1.04. The van der Waals surface area contributed by atoms with E-state index in [4.69, 9.17) is 16.3 Å². The van der Waals surface area contributed by atoms with Gasteiger partial charge in [0.2, 0.25) is 17.7 Å². The van der Waals surface area contributed by atoms with E-state index in [9.17, 15) is 19.5 Å². The number of rotatable bonds is 7. The number of aliphatic hydroxyl groups excluding tert-OH is 1. The molecule has 168 valence electrons. The number of likely N-dealkylation sites (tertiary alicyclic amines) is 1. The fourth-order valence-electron chi connectivity index (χ4n) is 5.66. The molecule has 5 atom stereocenters. The van der Waals surface area contributed by atoms with Crippen molar-refractivity contribution in [1.82, 2.24) is 10.2 Å². The van der Waals surface area contributed by atoms with Crippen LogP contribution in [0.15, 0.2) is 24.3 Å². The molecule has 3 amide bonds. The molecule has 2 bridgehead atoms. The third-order valence-electron chi connectivity index (χ3n) is 6.97. The van der Waals surface area contributed by atoms with Gasteiger partial charge in [-0.3, -0.25) is 14.4 Å². The third kappa shape index (κ3) is 3.41. The van der Waals surface area contributed by atoms with E-state index in [1.807, 2.05) is 6.92 Å². The SMILES string of the molecule is CNC(=O)[C@H]1[C@H]2C(=O)N(CCCCO)C(C(=O)Nc3ccc(Cl)cc3)C23CC[C@]1(C)O3. The van der Waals surface area contributed by atoms with Gasteiger partial charge in [-0.1, -0.05) is 11.6 Å². The van der Waals surface area contributed by atoms with E-state index in [0.717, 1.165) is 0 Å². The van der Waals surface area contributed by atoms with Crippen molar-refractivity contribution in [3.63, 3.8) is 0 Å². The molecule has 1 spiro atoms. The van der Waals surface area contributed by atoms with E-state index >= 15 is 0 Å². The lowest BCUT2D eigenvalue weighted by atomic mass is 9.66. The fraction of sp³-hybridized carbons (Fsp3) is 0.591. The highest BCUT2D eigenvalue weighted by atomic mass is 35.5. The first-order chi connectivity index (χ1) is 14.8. The van der Waals surface area contributed by atoms with Crippen molar-refractivity contribution in [2.24, 2.45) is 11.8 Å². The molecule has 0 aliphatic carbocycles. The van der Waals surface area contributed by atoms with Gasteiger partial charge < -0.3 is 25.4 Å². The average molecular weight is 450 g/mol. The Morgan fingerprint density at radius 1 is 1.23 bits per heavy atom. The van der Waals surface area contributed by atoms with E-state index in [1.165, 1.54) is 0 Å². The highest BCUT2D eigenvalue weighted by molar-refractivity contribution is 6.30. The Morgan fingerprint density at radius 2 is 1.94 bits per heavy atom. The first kappa shape index (κ1) is 22.0. The minimum absolute atomic E-state index is 0.00762. The normalized spacial score (nSPS) is 33.5. The Labute approximate surface area is 186 Å². The number of hydrogen-bond acceptors (Lipinski definition) is 5. The van der Waals surface area contributed by atoms with Crippen LogP contribution in [0.25, 0.3) is 0 Å². The average Bonchev–Trinajstić information content (AvgIpc) is 3.30. The lowest BCUT2D eigenvalue weighted by Crippen LogP contribution is -2.53. The van der Waals surface area contributed by atoms with E-state index < -0.39 is 29.1 Å². The maximum Gasteiger partial charge on any atom is 0.250 e. The maximum absolute atomic E-state index is 13.6. The van der Waals surface area contributed by atoms with E-state index in [1.54, 1.807) is 36.2 Å². The van der Waals surface area contributed by atoms with Gasteiger partial charge in [-0.2, -0.15) is 0 Å². The number of hydrogen-bond donors (Lipinski definition) is 3. The number of aliphatic hydroxyl groups is 1. The molecule has 8 nitrogen and oxygen atoms in total. The van der Waals surface area contributed by atoms with Gasteiger partial charge in [0.1, 0.15) is 11.6 Å². The highest BCUT2D eigenvalue weighted by Gasteiger charge is 2.77. The number of amides is 3. The molecule has 3 N–H and O–H groups in total. The molecular formula is C22H28ClN3O5. The van der Waals surface area contributed by atoms with Gasteiger partial charge in [-0.05, 0) is 56.9 Å². The van der Waals surface area contributed by atoms with Gasteiger partial charge in [-0.25, -0.2) is 0 Å². The molecule has 0 aromatic heterocycles. The topological polar surface area (TPSA) is 108 Å².